The van der Waals surface area contributed by atoms with E-state index in [0.29, 0.717) is 0 Å². The summed E-state index contributed by atoms with van der Waals surface area (Å²) in [7, 11) is 0. The Morgan fingerprint density at radius 2 is 2.21 bits per heavy atom. The Morgan fingerprint density at radius 1 is 1.47 bits per heavy atom. The number of nitrogens with zero attached hydrogens (tertiary/aromatic N) is 2. The zero-order valence-corrected chi connectivity index (χ0v) is 11.2. The summed E-state index contributed by atoms with van der Waals surface area (Å²) >= 11 is 1.43. The Morgan fingerprint density at radius 3 is 2.79 bits per heavy atom. The molecule has 2 aromatic rings. The van der Waals surface area contributed by atoms with Crippen molar-refractivity contribution in [2.45, 2.75) is 19.4 Å². The summed E-state index contributed by atoms with van der Waals surface area (Å²) in [5, 5.41) is 16.5. The van der Waals surface area contributed by atoms with Gasteiger partial charge >= 0.3 is 5.69 Å². The number of hydrogen-bond donors (Lipinski definition) is 1. The van der Waals surface area contributed by atoms with Crippen molar-refractivity contribution in [2.24, 2.45) is 0 Å². The lowest BCUT2D eigenvalue weighted by atomic mass is 10.1. The highest BCUT2D eigenvalue weighted by Gasteiger charge is 2.28. The van der Waals surface area contributed by atoms with Crippen LogP contribution in [-0.4, -0.2) is 9.91 Å². The maximum Gasteiger partial charge on any atom is 0.327 e. The van der Waals surface area contributed by atoms with Crippen LogP contribution in [0.3, 0.4) is 0 Å². The zero-order valence-electron chi connectivity index (χ0n) is 10.4. The SMILES string of the molecule is CC(C)(Nc1cccc(F)c1[N+](=O)[O-])c1nccs1. The Balaban J connectivity index is 2.39. The minimum atomic E-state index is -0.857. The largest absolute Gasteiger partial charge is 0.368 e. The lowest BCUT2D eigenvalue weighted by Gasteiger charge is -2.24. The highest BCUT2D eigenvalue weighted by atomic mass is 32.1. The highest BCUT2D eigenvalue weighted by Crippen LogP contribution is 2.33. The number of nitro benzene ring substituents is 1. The van der Waals surface area contributed by atoms with Gasteiger partial charge in [0.15, 0.2) is 0 Å². The van der Waals surface area contributed by atoms with Crippen LogP contribution in [0.1, 0.15) is 18.9 Å². The number of benzene rings is 1. The summed E-state index contributed by atoms with van der Waals surface area (Å²) in [4.78, 5) is 14.4. The molecule has 1 aromatic carbocycles. The van der Waals surface area contributed by atoms with E-state index in [1.54, 1.807) is 6.20 Å². The molecule has 19 heavy (non-hydrogen) atoms. The molecule has 0 radical (unpaired) electrons. The van der Waals surface area contributed by atoms with Crippen LogP contribution < -0.4 is 5.32 Å². The number of hydrogen-bond acceptors (Lipinski definition) is 5. The molecule has 0 amide bonds. The van der Waals surface area contributed by atoms with Gasteiger partial charge in [0, 0.05) is 11.6 Å². The monoisotopic (exact) mass is 281 g/mol. The van der Waals surface area contributed by atoms with Crippen molar-refractivity contribution >= 4 is 22.7 Å². The first-order chi connectivity index (χ1) is 8.92. The van der Waals surface area contributed by atoms with Gasteiger partial charge in [-0.1, -0.05) is 6.07 Å². The van der Waals surface area contributed by atoms with E-state index in [2.05, 4.69) is 10.3 Å². The average Bonchev–Trinajstić information content (AvgIpc) is 2.81. The van der Waals surface area contributed by atoms with E-state index in [0.717, 1.165) is 11.1 Å². The summed E-state index contributed by atoms with van der Waals surface area (Å²) in [5.41, 5.74) is -1.02. The molecule has 0 atom stereocenters. The average molecular weight is 281 g/mol. The molecule has 0 aliphatic heterocycles. The molecule has 1 heterocycles. The second kappa shape index (κ2) is 4.93. The van der Waals surface area contributed by atoms with Gasteiger partial charge in [-0.2, -0.15) is 4.39 Å². The van der Waals surface area contributed by atoms with E-state index >= 15 is 0 Å². The molecule has 1 aromatic heterocycles. The fourth-order valence-corrected chi connectivity index (χ4v) is 2.44. The number of thiazole rings is 1. The molecule has 0 unspecified atom stereocenters. The van der Waals surface area contributed by atoms with Crippen LogP contribution in [-0.2, 0) is 5.54 Å². The standard InChI is InChI=1S/C12H12FN3O2S/c1-12(2,11-14-6-7-19-11)15-9-5-3-4-8(13)10(9)16(17)18/h3-7,15H,1-2H3. The topological polar surface area (TPSA) is 68.1 Å². The van der Waals surface area contributed by atoms with Crippen LogP contribution >= 0.6 is 11.3 Å². The van der Waals surface area contributed by atoms with Crippen molar-refractivity contribution in [3.05, 3.63) is 50.7 Å². The summed E-state index contributed by atoms with van der Waals surface area (Å²) in [5.74, 6) is -0.857. The lowest BCUT2D eigenvalue weighted by molar-refractivity contribution is -0.386. The van der Waals surface area contributed by atoms with Crippen LogP contribution in [0.25, 0.3) is 0 Å². The fraction of sp³-hybridized carbons (Fsp3) is 0.250. The minimum Gasteiger partial charge on any atom is -0.368 e. The number of aromatic nitrogens is 1. The molecule has 0 aliphatic carbocycles. The van der Waals surface area contributed by atoms with Crippen molar-refractivity contribution in [3.63, 3.8) is 0 Å². The lowest BCUT2D eigenvalue weighted by Crippen LogP contribution is -2.28. The molecule has 7 heteroatoms. The Hall–Kier alpha value is -2.02. The van der Waals surface area contributed by atoms with Crippen molar-refractivity contribution in [3.8, 4) is 0 Å². The fourth-order valence-electron chi connectivity index (χ4n) is 1.72. The molecule has 1 N–H and O–H groups in total. The Bertz CT molecular complexity index is 599. The van der Waals surface area contributed by atoms with Gasteiger partial charge in [0.25, 0.3) is 0 Å². The maximum atomic E-state index is 13.5. The van der Waals surface area contributed by atoms with E-state index in [1.165, 1.54) is 23.5 Å². The molecule has 0 fully saturated rings. The third-order valence-corrected chi connectivity index (χ3v) is 3.68. The third-order valence-electron chi connectivity index (χ3n) is 2.58. The van der Waals surface area contributed by atoms with Crippen LogP contribution in [0.5, 0.6) is 0 Å². The molecule has 0 spiro atoms. The summed E-state index contributed by atoms with van der Waals surface area (Å²) in [6, 6.07) is 3.98. The van der Waals surface area contributed by atoms with Crippen LogP contribution in [0.15, 0.2) is 29.8 Å². The smallest absolute Gasteiger partial charge is 0.327 e. The van der Waals surface area contributed by atoms with Gasteiger partial charge in [-0.05, 0) is 26.0 Å². The molecule has 0 bridgehead atoms. The zero-order chi connectivity index (χ0) is 14.0. The number of para-hydroxylation sites is 1. The van der Waals surface area contributed by atoms with E-state index < -0.39 is 22.0 Å². The summed E-state index contributed by atoms with van der Waals surface area (Å²) in [6.07, 6.45) is 1.66. The van der Waals surface area contributed by atoms with Crippen molar-refractivity contribution in [2.75, 3.05) is 5.32 Å². The minimum absolute atomic E-state index is 0.144. The number of anilines is 1. The summed E-state index contributed by atoms with van der Waals surface area (Å²) < 4.78 is 13.5. The van der Waals surface area contributed by atoms with Crippen LogP contribution in [0, 0.1) is 15.9 Å². The van der Waals surface area contributed by atoms with Crippen LogP contribution in [0.4, 0.5) is 15.8 Å². The number of nitro groups is 1. The number of halogens is 1. The van der Waals surface area contributed by atoms with Crippen molar-refractivity contribution in [1.82, 2.24) is 4.98 Å². The van der Waals surface area contributed by atoms with Crippen molar-refractivity contribution in [1.29, 1.82) is 0 Å². The van der Waals surface area contributed by atoms with E-state index in [4.69, 9.17) is 0 Å². The normalized spacial score (nSPS) is 11.3. The predicted octanol–water partition coefficient (Wildman–Crippen LogP) is 3.54. The molecule has 100 valence electrons. The van der Waals surface area contributed by atoms with E-state index in [-0.39, 0.29) is 5.69 Å². The molecule has 0 saturated heterocycles. The Labute approximate surface area is 113 Å². The molecule has 5 nitrogen and oxygen atoms in total. The molecule has 2 rings (SSSR count). The molecular formula is C12H12FN3O2S. The molecule has 0 aliphatic rings. The van der Waals surface area contributed by atoms with E-state index in [9.17, 15) is 14.5 Å². The van der Waals surface area contributed by atoms with Gasteiger partial charge in [-0.15, -0.1) is 11.3 Å². The quantitative estimate of drug-likeness (QED) is 0.687. The maximum absolute atomic E-state index is 13.5. The number of nitrogens with one attached hydrogen (secondary N) is 1. The second-order valence-electron chi connectivity index (χ2n) is 4.48. The predicted molar refractivity (Wildman–Crippen MR) is 71.8 cm³/mol. The van der Waals surface area contributed by atoms with Gasteiger partial charge < -0.3 is 5.32 Å². The second-order valence-corrected chi connectivity index (χ2v) is 5.37. The molecular weight excluding hydrogens is 269 g/mol. The first-order valence-corrected chi connectivity index (χ1v) is 6.41. The van der Waals surface area contributed by atoms with Gasteiger partial charge in [-0.3, -0.25) is 10.1 Å². The van der Waals surface area contributed by atoms with Gasteiger partial charge in [0.2, 0.25) is 5.82 Å². The third kappa shape index (κ3) is 2.70. The van der Waals surface area contributed by atoms with Gasteiger partial charge in [-0.25, -0.2) is 4.98 Å². The molecule has 0 saturated carbocycles. The van der Waals surface area contributed by atoms with E-state index in [1.807, 2.05) is 19.2 Å². The van der Waals surface area contributed by atoms with Gasteiger partial charge in [0.05, 0.1) is 10.5 Å². The summed E-state index contributed by atoms with van der Waals surface area (Å²) in [6.45, 7) is 3.67. The Kier molecular flexibility index (Phi) is 3.48. The van der Waals surface area contributed by atoms with Gasteiger partial charge in [0.1, 0.15) is 10.7 Å². The van der Waals surface area contributed by atoms with Crippen molar-refractivity contribution < 1.29 is 9.31 Å². The van der Waals surface area contributed by atoms with Crippen LogP contribution in [0.2, 0.25) is 0 Å². The highest BCUT2D eigenvalue weighted by molar-refractivity contribution is 7.09. The first kappa shape index (κ1) is 13.4. The first-order valence-electron chi connectivity index (χ1n) is 5.53. The number of rotatable bonds is 4.